The summed E-state index contributed by atoms with van der Waals surface area (Å²) in [5.41, 5.74) is 0.975. The summed E-state index contributed by atoms with van der Waals surface area (Å²) in [5.74, 6) is -0.348. The summed E-state index contributed by atoms with van der Waals surface area (Å²) in [5, 5.41) is 0. The first-order valence-electron chi connectivity index (χ1n) is 6.45. The fraction of sp³-hybridized carbons (Fsp3) is 0.400. The molecule has 1 heterocycles. The van der Waals surface area contributed by atoms with Crippen LogP contribution in [-0.2, 0) is 25.6 Å². The molecule has 0 bridgehead atoms. The standard InChI is InChI=1S/C15H18O4/c16-14(19-12-13-6-2-1-3-7-13)8-4-9-15-17-10-5-11-18-15/h1-4,6-8,15H,5,9-12H2/b8-4+. The fourth-order valence-electron chi connectivity index (χ4n) is 1.72. The lowest BCUT2D eigenvalue weighted by atomic mass is 10.2. The van der Waals surface area contributed by atoms with Crippen LogP contribution in [0.4, 0.5) is 0 Å². The minimum absolute atomic E-state index is 0.230. The number of benzene rings is 1. The van der Waals surface area contributed by atoms with Gasteiger partial charge < -0.3 is 14.2 Å². The van der Waals surface area contributed by atoms with Gasteiger partial charge in [-0.3, -0.25) is 0 Å². The molecule has 0 amide bonds. The summed E-state index contributed by atoms with van der Waals surface area (Å²) >= 11 is 0. The van der Waals surface area contributed by atoms with Gasteiger partial charge in [-0.25, -0.2) is 4.79 Å². The molecule has 102 valence electrons. The number of esters is 1. The van der Waals surface area contributed by atoms with Crippen molar-refractivity contribution >= 4 is 5.97 Å². The quantitative estimate of drug-likeness (QED) is 0.604. The Morgan fingerprint density at radius 2 is 2.00 bits per heavy atom. The van der Waals surface area contributed by atoms with Crippen molar-refractivity contribution in [2.75, 3.05) is 13.2 Å². The van der Waals surface area contributed by atoms with Crippen LogP contribution in [0.25, 0.3) is 0 Å². The molecule has 1 aliphatic rings. The molecule has 0 atom stereocenters. The SMILES string of the molecule is O=C(/C=C/CC1OCCCO1)OCc1ccccc1. The summed E-state index contributed by atoms with van der Waals surface area (Å²) < 4.78 is 15.8. The molecule has 1 saturated heterocycles. The van der Waals surface area contributed by atoms with Gasteiger partial charge in [-0.05, 0) is 12.0 Å². The molecule has 1 aromatic rings. The maximum absolute atomic E-state index is 11.5. The van der Waals surface area contributed by atoms with Crippen molar-refractivity contribution in [1.29, 1.82) is 0 Å². The van der Waals surface area contributed by atoms with Crippen LogP contribution >= 0.6 is 0 Å². The van der Waals surface area contributed by atoms with Gasteiger partial charge in [0.05, 0.1) is 13.2 Å². The Morgan fingerprint density at radius 1 is 1.26 bits per heavy atom. The number of carbonyl (C=O) groups is 1. The van der Waals surface area contributed by atoms with Crippen molar-refractivity contribution < 1.29 is 19.0 Å². The van der Waals surface area contributed by atoms with Crippen LogP contribution in [0.1, 0.15) is 18.4 Å². The van der Waals surface area contributed by atoms with E-state index in [0.717, 1.165) is 25.2 Å². The number of ether oxygens (including phenoxy) is 3. The predicted octanol–water partition coefficient (Wildman–Crippen LogP) is 2.44. The number of hydrogen-bond donors (Lipinski definition) is 0. The summed E-state index contributed by atoms with van der Waals surface area (Å²) in [4.78, 5) is 11.5. The molecule has 1 aromatic carbocycles. The van der Waals surface area contributed by atoms with Crippen LogP contribution in [-0.4, -0.2) is 25.5 Å². The lowest BCUT2D eigenvalue weighted by molar-refractivity contribution is -0.175. The van der Waals surface area contributed by atoms with Gasteiger partial charge in [0.15, 0.2) is 6.29 Å². The van der Waals surface area contributed by atoms with Gasteiger partial charge >= 0.3 is 5.97 Å². The smallest absolute Gasteiger partial charge is 0.330 e. The van der Waals surface area contributed by atoms with Crippen molar-refractivity contribution in [3.8, 4) is 0 Å². The zero-order valence-corrected chi connectivity index (χ0v) is 10.8. The van der Waals surface area contributed by atoms with Crippen LogP contribution in [0.15, 0.2) is 42.5 Å². The van der Waals surface area contributed by atoms with E-state index in [1.807, 2.05) is 30.3 Å². The highest BCUT2D eigenvalue weighted by atomic mass is 16.7. The lowest BCUT2D eigenvalue weighted by Gasteiger charge is -2.21. The first kappa shape index (κ1) is 13.8. The third-order valence-corrected chi connectivity index (χ3v) is 2.70. The van der Waals surface area contributed by atoms with Crippen LogP contribution in [0, 0.1) is 0 Å². The highest BCUT2D eigenvalue weighted by Crippen LogP contribution is 2.09. The Kier molecular flexibility index (Phi) is 5.59. The largest absolute Gasteiger partial charge is 0.458 e. The van der Waals surface area contributed by atoms with Gasteiger partial charge in [0.1, 0.15) is 6.61 Å². The fourth-order valence-corrected chi connectivity index (χ4v) is 1.72. The first-order valence-corrected chi connectivity index (χ1v) is 6.45. The average Bonchev–Trinajstić information content (AvgIpc) is 2.47. The second-order valence-corrected chi connectivity index (χ2v) is 4.26. The monoisotopic (exact) mass is 262 g/mol. The summed E-state index contributed by atoms with van der Waals surface area (Å²) in [6, 6.07) is 9.59. The van der Waals surface area contributed by atoms with Gasteiger partial charge in [0.25, 0.3) is 0 Å². The minimum atomic E-state index is -0.348. The van der Waals surface area contributed by atoms with Crippen molar-refractivity contribution in [3.63, 3.8) is 0 Å². The van der Waals surface area contributed by atoms with E-state index in [2.05, 4.69) is 0 Å². The van der Waals surface area contributed by atoms with Crippen LogP contribution in [0.2, 0.25) is 0 Å². The first-order chi connectivity index (χ1) is 9.34. The third kappa shape index (κ3) is 5.24. The second-order valence-electron chi connectivity index (χ2n) is 4.26. The zero-order chi connectivity index (χ0) is 13.3. The molecule has 1 aliphatic heterocycles. The van der Waals surface area contributed by atoms with E-state index in [0.29, 0.717) is 13.0 Å². The minimum Gasteiger partial charge on any atom is -0.458 e. The van der Waals surface area contributed by atoms with Crippen LogP contribution < -0.4 is 0 Å². The predicted molar refractivity (Wildman–Crippen MR) is 70.3 cm³/mol. The molecule has 0 saturated carbocycles. The number of hydrogen-bond acceptors (Lipinski definition) is 4. The lowest BCUT2D eigenvalue weighted by Crippen LogP contribution is -2.24. The molecule has 0 aliphatic carbocycles. The van der Waals surface area contributed by atoms with Crippen molar-refractivity contribution in [2.45, 2.75) is 25.7 Å². The molecule has 0 N–H and O–H groups in total. The van der Waals surface area contributed by atoms with Gasteiger partial charge in [-0.15, -0.1) is 0 Å². The molecule has 4 heteroatoms. The highest BCUT2D eigenvalue weighted by molar-refractivity contribution is 5.81. The van der Waals surface area contributed by atoms with E-state index in [1.165, 1.54) is 6.08 Å². The molecular formula is C15H18O4. The topological polar surface area (TPSA) is 44.8 Å². The average molecular weight is 262 g/mol. The molecule has 2 rings (SSSR count). The normalized spacial score (nSPS) is 16.6. The van der Waals surface area contributed by atoms with Gasteiger partial charge in [0.2, 0.25) is 0 Å². The van der Waals surface area contributed by atoms with E-state index in [-0.39, 0.29) is 12.3 Å². The Morgan fingerprint density at radius 3 is 2.74 bits per heavy atom. The van der Waals surface area contributed by atoms with Crippen molar-refractivity contribution in [2.24, 2.45) is 0 Å². The van der Waals surface area contributed by atoms with Crippen LogP contribution in [0.3, 0.4) is 0 Å². The van der Waals surface area contributed by atoms with E-state index >= 15 is 0 Å². The highest BCUT2D eigenvalue weighted by Gasteiger charge is 2.11. The molecule has 0 aromatic heterocycles. The zero-order valence-electron chi connectivity index (χ0n) is 10.8. The molecule has 0 radical (unpaired) electrons. The Bertz CT molecular complexity index is 407. The number of rotatable bonds is 5. The molecule has 4 nitrogen and oxygen atoms in total. The van der Waals surface area contributed by atoms with E-state index in [4.69, 9.17) is 14.2 Å². The Labute approximate surface area is 113 Å². The van der Waals surface area contributed by atoms with E-state index in [1.54, 1.807) is 6.08 Å². The Balaban J connectivity index is 1.66. The van der Waals surface area contributed by atoms with Crippen LogP contribution in [0.5, 0.6) is 0 Å². The molecular weight excluding hydrogens is 244 g/mol. The van der Waals surface area contributed by atoms with Gasteiger partial charge in [0, 0.05) is 12.5 Å². The van der Waals surface area contributed by atoms with Crippen molar-refractivity contribution in [1.82, 2.24) is 0 Å². The molecule has 19 heavy (non-hydrogen) atoms. The van der Waals surface area contributed by atoms with Gasteiger partial charge in [-0.2, -0.15) is 0 Å². The summed E-state index contributed by atoms with van der Waals surface area (Å²) in [7, 11) is 0. The molecule has 0 spiro atoms. The van der Waals surface area contributed by atoms with E-state index in [9.17, 15) is 4.79 Å². The maximum atomic E-state index is 11.5. The van der Waals surface area contributed by atoms with Crippen molar-refractivity contribution in [3.05, 3.63) is 48.0 Å². The summed E-state index contributed by atoms with van der Waals surface area (Å²) in [6.07, 6.45) is 4.42. The Hall–Kier alpha value is -1.65. The maximum Gasteiger partial charge on any atom is 0.330 e. The second kappa shape index (κ2) is 7.71. The third-order valence-electron chi connectivity index (χ3n) is 2.70. The molecule has 1 fully saturated rings. The molecule has 0 unspecified atom stereocenters. The van der Waals surface area contributed by atoms with Gasteiger partial charge in [-0.1, -0.05) is 36.4 Å². The number of carbonyl (C=O) groups excluding carboxylic acids is 1. The summed E-state index contributed by atoms with van der Waals surface area (Å²) in [6.45, 7) is 1.73. The van der Waals surface area contributed by atoms with E-state index < -0.39 is 0 Å².